The predicted molar refractivity (Wildman–Crippen MR) is 68.0 cm³/mol. The number of alkyl halides is 3. The molecule has 1 atom stereocenters. The number of likely N-dealkylation sites (tertiary alicyclic amines) is 1. The Labute approximate surface area is 122 Å². The van der Waals surface area contributed by atoms with E-state index in [4.69, 9.17) is 23.2 Å². The van der Waals surface area contributed by atoms with Gasteiger partial charge in [-0.15, -0.1) is 0 Å². The lowest BCUT2D eigenvalue weighted by atomic mass is 10.0. The summed E-state index contributed by atoms with van der Waals surface area (Å²) >= 11 is 11.6. The van der Waals surface area contributed by atoms with Gasteiger partial charge in [-0.3, -0.25) is 4.79 Å². The Kier molecular flexibility index (Phi) is 3.92. The molecule has 3 nitrogen and oxygen atoms in total. The summed E-state index contributed by atoms with van der Waals surface area (Å²) in [6.07, 6.45) is -5.33. The van der Waals surface area contributed by atoms with Crippen LogP contribution in [0.2, 0.25) is 10.0 Å². The lowest BCUT2D eigenvalue weighted by Gasteiger charge is -2.26. The van der Waals surface area contributed by atoms with E-state index < -0.39 is 30.7 Å². The van der Waals surface area contributed by atoms with Crippen LogP contribution in [0.25, 0.3) is 0 Å². The molecule has 0 aliphatic carbocycles. The topological polar surface area (TPSA) is 40.5 Å². The summed E-state index contributed by atoms with van der Waals surface area (Å²) in [6.45, 7) is -1.00. The van der Waals surface area contributed by atoms with Crippen LogP contribution in [0.1, 0.15) is 16.8 Å². The Hall–Kier alpha value is -0.980. The normalized spacial score (nSPS) is 23.2. The van der Waals surface area contributed by atoms with Crippen molar-refractivity contribution in [3.05, 3.63) is 33.8 Å². The maximum Gasteiger partial charge on any atom is 0.419 e. The summed E-state index contributed by atoms with van der Waals surface area (Å²) < 4.78 is 38.1. The number of nitrogens with zero attached hydrogens (tertiary/aromatic N) is 1. The number of carbonyl (C=O) groups excluding carboxylic acids is 1. The number of carbonyl (C=O) groups is 1. The van der Waals surface area contributed by atoms with Crippen LogP contribution in [-0.4, -0.2) is 40.8 Å². The van der Waals surface area contributed by atoms with Gasteiger partial charge in [0.25, 0.3) is 5.91 Å². The van der Waals surface area contributed by atoms with Crippen molar-refractivity contribution >= 4 is 29.1 Å². The molecular formula is C12H10Cl2F3NO2. The molecule has 8 heteroatoms. The van der Waals surface area contributed by atoms with Gasteiger partial charge in [0, 0.05) is 13.0 Å². The molecule has 0 unspecified atom stereocenters. The van der Waals surface area contributed by atoms with E-state index in [0.29, 0.717) is 0 Å². The first kappa shape index (κ1) is 15.4. The van der Waals surface area contributed by atoms with Gasteiger partial charge in [-0.2, -0.15) is 13.2 Å². The molecule has 1 saturated heterocycles. The van der Waals surface area contributed by atoms with Crippen LogP contribution in [0.3, 0.4) is 0 Å². The maximum absolute atomic E-state index is 12.7. The lowest BCUT2D eigenvalue weighted by Crippen LogP contribution is -2.48. The van der Waals surface area contributed by atoms with E-state index >= 15 is 0 Å². The molecule has 1 aliphatic rings. The van der Waals surface area contributed by atoms with Crippen LogP contribution >= 0.6 is 23.2 Å². The first-order valence-electron chi connectivity index (χ1n) is 5.68. The average molecular weight is 328 g/mol. The van der Waals surface area contributed by atoms with Crippen LogP contribution in [0.5, 0.6) is 0 Å². The van der Waals surface area contributed by atoms with Gasteiger partial charge in [0.1, 0.15) is 0 Å². The van der Waals surface area contributed by atoms with E-state index in [2.05, 4.69) is 0 Å². The number of β-amino-alcohol motifs (C(OH)–C–C–N with tert-alkyl or cyclic N) is 1. The van der Waals surface area contributed by atoms with Crippen molar-refractivity contribution < 1.29 is 23.1 Å². The lowest BCUT2D eigenvalue weighted by molar-refractivity contribution is -0.253. The molecule has 1 amide bonds. The number of benzene rings is 1. The van der Waals surface area contributed by atoms with E-state index in [1.807, 2.05) is 0 Å². The van der Waals surface area contributed by atoms with Crippen LogP contribution in [-0.2, 0) is 0 Å². The molecule has 1 aromatic carbocycles. The minimum absolute atomic E-state index is 0.0124. The maximum atomic E-state index is 12.7. The number of hydrogen-bond acceptors (Lipinski definition) is 2. The van der Waals surface area contributed by atoms with Gasteiger partial charge < -0.3 is 10.0 Å². The quantitative estimate of drug-likeness (QED) is 0.860. The molecular weight excluding hydrogens is 318 g/mol. The van der Waals surface area contributed by atoms with Crippen molar-refractivity contribution in [3.63, 3.8) is 0 Å². The van der Waals surface area contributed by atoms with Crippen LogP contribution in [0.4, 0.5) is 13.2 Å². The van der Waals surface area contributed by atoms with Crippen molar-refractivity contribution in [1.82, 2.24) is 4.90 Å². The first-order valence-corrected chi connectivity index (χ1v) is 6.44. The average Bonchev–Trinajstić information content (AvgIpc) is 2.75. The monoisotopic (exact) mass is 327 g/mol. The van der Waals surface area contributed by atoms with E-state index in [9.17, 15) is 23.1 Å². The van der Waals surface area contributed by atoms with Crippen molar-refractivity contribution in [2.45, 2.75) is 18.2 Å². The number of hydrogen-bond donors (Lipinski definition) is 1. The molecule has 0 radical (unpaired) electrons. The Balaban J connectivity index is 2.23. The molecule has 0 bridgehead atoms. The van der Waals surface area contributed by atoms with Gasteiger partial charge in [0.05, 0.1) is 22.2 Å². The van der Waals surface area contributed by atoms with Crippen LogP contribution < -0.4 is 0 Å². The smallest absolute Gasteiger partial charge is 0.379 e. The second-order valence-electron chi connectivity index (χ2n) is 4.61. The third-order valence-corrected chi connectivity index (χ3v) is 4.06. The van der Waals surface area contributed by atoms with Gasteiger partial charge >= 0.3 is 6.18 Å². The van der Waals surface area contributed by atoms with Crippen LogP contribution in [0.15, 0.2) is 18.2 Å². The third kappa shape index (κ3) is 2.60. The van der Waals surface area contributed by atoms with Crippen molar-refractivity contribution in [2.24, 2.45) is 0 Å². The van der Waals surface area contributed by atoms with Gasteiger partial charge in [-0.05, 0) is 12.1 Å². The zero-order valence-corrected chi connectivity index (χ0v) is 11.6. The highest BCUT2D eigenvalue weighted by molar-refractivity contribution is 6.43. The van der Waals surface area contributed by atoms with Crippen molar-refractivity contribution in [2.75, 3.05) is 13.1 Å². The minimum atomic E-state index is -4.78. The highest BCUT2D eigenvalue weighted by Gasteiger charge is 2.57. The Morgan fingerprint density at radius 3 is 2.55 bits per heavy atom. The fourth-order valence-corrected chi connectivity index (χ4v) is 2.42. The Morgan fingerprint density at radius 1 is 1.35 bits per heavy atom. The standard InChI is InChI=1S/C12H10Cl2F3NO2/c13-8-3-1-2-7(9(8)14)10(19)18-5-4-11(20,6-18)12(15,16)17/h1-3,20H,4-6H2/t11-/m0/s1. The molecule has 1 aliphatic heterocycles. The predicted octanol–water partition coefficient (Wildman–Crippen LogP) is 3.13. The summed E-state index contributed by atoms with van der Waals surface area (Å²) in [5, 5.41) is 9.67. The van der Waals surface area contributed by atoms with Crippen molar-refractivity contribution in [3.8, 4) is 0 Å². The van der Waals surface area contributed by atoms with Crippen LogP contribution in [0, 0.1) is 0 Å². The summed E-state index contributed by atoms with van der Waals surface area (Å²) in [5.74, 6) is -0.683. The Bertz CT molecular complexity index is 550. The SMILES string of the molecule is O=C(c1cccc(Cl)c1Cl)N1CC[C@@](O)(C(F)(F)F)C1. The molecule has 0 aromatic heterocycles. The fourth-order valence-electron chi connectivity index (χ4n) is 2.04. The highest BCUT2D eigenvalue weighted by Crippen LogP contribution is 2.38. The molecule has 110 valence electrons. The molecule has 2 rings (SSSR count). The minimum Gasteiger partial charge on any atom is -0.379 e. The molecule has 1 fully saturated rings. The number of rotatable bonds is 1. The molecule has 0 saturated carbocycles. The number of aliphatic hydroxyl groups is 1. The molecule has 0 spiro atoms. The molecule has 20 heavy (non-hydrogen) atoms. The highest BCUT2D eigenvalue weighted by atomic mass is 35.5. The summed E-state index contributed by atoms with van der Waals surface area (Å²) in [7, 11) is 0. The first-order chi connectivity index (χ1) is 9.16. The zero-order valence-electron chi connectivity index (χ0n) is 10.0. The Morgan fingerprint density at radius 2 is 2.00 bits per heavy atom. The van der Waals surface area contributed by atoms with Crippen molar-refractivity contribution in [1.29, 1.82) is 0 Å². The summed E-state index contributed by atoms with van der Waals surface area (Å²) in [6, 6.07) is 4.33. The third-order valence-electron chi connectivity index (χ3n) is 3.24. The molecule has 1 aromatic rings. The number of halogens is 5. The number of amides is 1. The van der Waals surface area contributed by atoms with E-state index in [1.165, 1.54) is 18.2 Å². The van der Waals surface area contributed by atoms with E-state index in [-0.39, 0.29) is 22.2 Å². The zero-order chi connectivity index (χ0) is 15.1. The molecule has 1 N–H and O–H groups in total. The van der Waals surface area contributed by atoms with E-state index in [1.54, 1.807) is 0 Å². The second-order valence-corrected chi connectivity index (χ2v) is 5.39. The molecule has 1 heterocycles. The van der Waals surface area contributed by atoms with E-state index in [0.717, 1.165) is 4.90 Å². The van der Waals surface area contributed by atoms with Gasteiger partial charge in [-0.1, -0.05) is 29.3 Å². The second kappa shape index (κ2) is 5.09. The summed E-state index contributed by atoms with van der Waals surface area (Å²) in [4.78, 5) is 13.1. The van der Waals surface area contributed by atoms with Gasteiger partial charge in [0.15, 0.2) is 5.60 Å². The van der Waals surface area contributed by atoms with Gasteiger partial charge in [-0.25, -0.2) is 0 Å². The fraction of sp³-hybridized carbons (Fsp3) is 0.417. The summed E-state index contributed by atoms with van der Waals surface area (Å²) in [5.41, 5.74) is -2.85. The largest absolute Gasteiger partial charge is 0.419 e. The van der Waals surface area contributed by atoms with Gasteiger partial charge in [0.2, 0.25) is 0 Å².